The SMILES string of the molecule is CCc1ccc(C(O)(CCc2ccccc2)C2CN3CCC2CC3)cc1. The van der Waals surface area contributed by atoms with E-state index in [0.29, 0.717) is 11.8 Å². The summed E-state index contributed by atoms with van der Waals surface area (Å²) in [5.41, 5.74) is 3.04. The number of nitrogens with zero attached hydrogens (tertiary/aromatic N) is 1. The van der Waals surface area contributed by atoms with Crippen molar-refractivity contribution in [3.05, 3.63) is 71.3 Å². The van der Waals surface area contributed by atoms with Crippen LogP contribution >= 0.6 is 0 Å². The van der Waals surface area contributed by atoms with E-state index in [9.17, 15) is 5.11 Å². The van der Waals surface area contributed by atoms with Crippen LogP contribution in [0, 0.1) is 11.8 Å². The van der Waals surface area contributed by atoms with Gasteiger partial charge in [-0.25, -0.2) is 0 Å². The lowest BCUT2D eigenvalue weighted by Crippen LogP contribution is -2.55. The zero-order valence-electron chi connectivity index (χ0n) is 15.9. The summed E-state index contributed by atoms with van der Waals surface area (Å²) in [6.07, 6.45) is 5.26. The van der Waals surface area contributed by atoms with Crippen LogP contribution in [0.15, 0.2) is 54.6 Å². The molecule has 0 amide bonds. The summed E-state index contributed by atoms with van der Waals surface area (Å²) in [5, 5.41) is 12.0. The van der Waals surface area contributed by atoms with Crippen molar-refractivity contribution < 1.29 is 5.11 Å². The molecule has 1 N–H and O–H groups in total. The fraction of sp³-hybridized carbons (Fsp3) is 0.500. The number of benzene rings is 2. The van der Waals surface area contributed by atoms with Gasteiger partial charge in [0.2, 0.25) is 0 Å². The highest BCUT2D eigenvalue weighted by Crippen LogP contribution is 2.45. The molecule has 2 aromatic carbocycles. The first-order valence-electron chi connectivity index (χ1n) is 10.3. The third-order valence-electron chi connectivity index (χ3n) is 6.77. The van der Waals surface area contributed by atoms with E-state index in [4.69, 9.17) is 0 Å². The van der Waals surface area contributed by atoms with E-state index in [-0.39, 0.29) is 0 Å². The Hall–Kier alpha value is -1.64. The Balaban J connectivity index is 1.63. The van der Waals surface area contributed by atoms with E-state index in [0.717, 1.165) is 31.4 Å². The maximum Gasteiger partial charge on any atom is 0.0942 e. The van der Waals surface area contributed by atoms with Crippen molar-refractivity contribution in [2.75, 3.05) is 19.6 Å². The van der Waals surface area contributed by atoms with Gasteiger partial charge in [-0.15, -0.1) is 0 Å². The number of aryl methyl sites for hydroxylation is 2. The van der Waals surface area contributed by atoms with E-state index >= 15 is 0 Å². The second-order valence-corrected chi connectivity index (χ2v) is 8.20. The molecule has 0 aliphatic carbocycles. The van der Waals surface area contributed by atoms with Gasteiger partial charge in [-0.05, 0) is 67.8 Å². The number of piperidine rings is 3. The highest BCUT2D eigenvalue weighted by Gasteiger charge is 2.47. The lowest BCUT2D eigenvalue weighted by Gasteiger charge is -2.51. The van der Waals surface area contributed by atoms with Crippen molar-refractivity contribution in [2.45, 2.75) is 44.6 Å². The molecule has 0 aromatic heterocycles. The van der Waals surface area contributed by atoms with Gasteiger partial charge in [0.05, 0.1) is 5.60 Å². The maximum absolute atomic E-state index is 12.0. The van der Waals surface area contributed by atoms with E-state index in [1.165, 1.54) is 37.1 Å². The maximum atomic E-state index is 12.0. The quantitative estimate of drug-likeness (QED) is 0.835. The minimum Gasteiger partial charge on any atom is -0.385 e. The van der Waals surface area contributed by atoms with Crippen molar-refractivity contribution in [1.82, 2.24) is 4.90 Å². The number of rotatable bonds is 6. The summed E-state index contributed by atoms with van der Waals surface area (Å²) < 4.78 is 0. The lowest BCUT2D eigenvalue weighted by atomic mass is 9.66. The Bertz CT molecular complexity index is 703. The molecule has 2 heteroatoms. The van der Waals surface area contributed by atoms with Gasteiger partial charge in [-0.2, -0.15) is 0 Å². The standard InChI is InChI=1S/C24H31NO/c1-2-19-8-10-22(11-9-19)24(26,15-12-20-6-4-3-5-7-20)23-18-25-16-13-21(23)14-17-25/h3-11,21,23,26H,2,12-18H2,1H3. The third-order valence-corrected chi connectivity index (χ3v) is 6.77. The first kappa shape index (κ1) is 17.8. The molecule has 2 bridgehead atoms. The smallest absolute Gasteiger partial charge is 0.0942 e. The summed E-state index contributed by atoms with van der Waals surface area (Å²) in [6, 6.07) is 19.4. The summed E-state index contributed by atoms with van der Waals surface area (Å²) in [7, 11) is 0. The molecule has 0 spiro atoms. The van der Waals surface area contributed by atoms with Crippen LogP contribution in [0.3, 0.4) is 0 Å². The van der Waals surface area contributed by atoms with Crippen LogP contribution in [0.25, 0.3) is 0 Å². The van der Waals surface area contributed by atoms with Gasteiger partial charge in [0, 0.05) is 12.5 Å². The first-order valence-corrected chi connectivity index (χ1v) is 10.3. The van der Waals surface area contributed by atoms with Crippen LogP contribution in [0.4, 0.5) is 0 Å². The highest BCUT2D eigenvalue weighted by molar-refractivity contribution is 5.29. The average Bonchev–Trinajstić information content (AvgIpc) is 2.73. The minimum atomic E-state index is -0.730. The summed E-state index contributed by atoms with van der Waals surface area (Å²) in [4.78, 5) is 2.55. The first-order chi connectivity index (χ1) is 12.7. The van der Waals surface area contributed by atoms with Crippen molar-refractivity contribution >= 4 is 0 Å². The van der Waals surface area contributed by atoms with E-state index in [1.807, 2.05) is 0 Å². The minimum absolute atomic E-state index is 0.348. The fourth-order valence-corrected chi connectivity index (χ4v) is 5.06. The number of hydrogen-bond acceptors (Lipinski definition) is 2. The van der Waals surface area contributed by atoms with E-state index in [1.54, 1.807) is 0 Å². The van der Waals surface area contributed by atoms with Crippen LogP contribution in [0.2, 0.25) is 0 Å². The van der Waals surface area contributed by atoms with Crippen molar-refractivity contribution in [3.63, 3.8) is 0 Å². The van der Waals surface area contributed by atoms with Crippen molar-refractivity contribution in [1.29, 1.82) is 0 Å². The number of fused-ring (bicyclic) bond motifs is 3. The Morgan fingerprint density at radius 1 is 0.962 bits per heavy atom. The van der Waals surface area contributed by atoms with Gasteiger partial charge >= 0.3 is 0 Å². The fourth-order valence-electron chi connectivity index (χ4n) is 5.06. The molecule has 2 unspecified atom stereocenters. The molecule has 0 saturated carbocycles. The molecule has 26 heavy (non-hydrogen) atoms. The molecule has 0 radical (unpaired) electrons. The molecule has 3 saturated heterocycles. The number of aliphatic hydroxyl groups is 1. The van der Waals surface area contributed by atoms with E-state index in [2.05, 4.69) is 66.4 Å². The summed E-state index contributed by atoms with van der Waals surface area (Å²) in [6.45, 7) is 5.66. The van der Waals surface area contributed by atoms with Gasteiger partial charge in [0.15, 0.2) is 0 Å². The largest absolute Gasteiger partial charge is 0.385 e. The topological polar surface area (TPSA) is 23.5 Å². The molecular formula is C24H31NO. The van der Waals surface area contributed by atoms with Crippen LogP contribution in [0.5, 0.6) is 0 Å². The highest BCUT2D eigenvalue weighted by atomic mass is 16.3. The van der Waals surface area contributed by atoms with Crippen molar-refractivity contribution in [2.24, 2.45) is 11.8 Å². The van der Waals surface area contributed by atoms with Crippen molar-refractivity contribution in [3.8, 4) is 0 Å². The predicted molar refractivity (Wildman–Crippen MR) is 107 cm³/mol. The van der Waals surface area contributed by atoms with E-state index < -0.39 is 5.60 Å². The average molecular weight is 350 g/mol. The summed E-state index contributed by atoms with van der Waals surface area (Å²) in [5.74, 6) is 1.01. The Morgan fingerprint density at radius 3 is 2.23 bits per heavy atom. The molecule has 3 aliphatic rings. The van der Waals surface area contributed by atoms with Crippen LogP contribution in [0.1, 0.15) is 42.9 Å². The molecule has 5 rings (SSSR count). The Morgan fingerprint density at radius 2 is 1.65 bits per heavy atom. The molecule has 3 fully saturated rings. The van der Waals surface area contributed by atoms with Crippen LogP contribution in [-0.4, -0.2) is 29.6 Å². The molecular weight excluding hydrogens is 318 g/mol. The lowest BCUT2D eigenvalue weighted by molar-refractivity contribution is -0.106. The Kier molecular flexibility index (Phi) is 5.15. The van der Waals surface area contributed by atoms with Gasteiger partial charge in [0.1, 0.15) is 0 Å². The van der Waals surface area contributed by atoms with Gasteiger partial charge in [0.25, 0.3) is 0 Å². The second-order valence-electron chi connectivity index (χ2n) is 8.20. The molecule has 2 nitrogen and oxygen atoms in total. The monoisotopic (exact) mass is 349 g/mol. The molecule has 3 heterocycles. The van der Waals surface area contributed by atoms with Crippen LogP contribution < -0.4 is 0 Å². The predicted octanol–water partition coefficient (Wildman–Crippen LogP) is 4.41. The summed E-state index contributed by atoms with van der Waals surface area (Å²) >= 11 is 0. The third kappa shape index (κ3) is 3.45. The molecule has 3 aliphatic heterocycles. The van der Waals surface area contributed by atoms with Crippen LogP contribution in [-0.2, 0) is 18.4 Å². The molecule has 2 atom stereocenters. The second kappa shape index (κ2) is 7.54. The Labute approximate surface area is 157 Å². The zero-order chi connectivity index (χ0) is 18.0. The number of hydrogen-bond donors (Lipinski definition) is 1. The molecule has 138 valence electrons. The molecule has 2 aromatic rings. The normalized spacial score (nSPS) is 27.2. The van der Waals surface area contributed by atoms with Gasteiger partial charge in [-0.3, -0.25) is 0 Å². The van der Waals surface area contributed by atoms with Gasteiger partial charge in [-0.1, -0.05) is 61.5 Å². The van der Waals surface area contributed by atoms with Gasteiger partial charge < -0.3 is 10.0 Å². The zero-order valence-corrected chi connectivity index (χ0v) is 15.9.